The van der Waals surface area contributed by atoms with Crippen LogP contribution in [0.1, 0.15) is 29.5 Å². The molecule has 150 valence electrons. The first kappa shape index (κ1) is 20.6. The minimum Gasteiger partial charge on any atom is -0.384 e. The molecular formula is C23H22F2N2O2. The second-order valence-electron chi connectivity index (χ2n) is 7.17. The number of pyridine rings is 1. The van der Waals surface area contributed by atoms with Gasteiger partial charge in [0.15, 0.2) is 0 Å². The maximum atomic E-state index is 13.3. The number of aromatic nitrogens is 1. The number of rotatable bonds is 7. The van der Waals surface area contributed by atoms with E-state index in [9.17, 15) is 18.7 Å². The fourth-order valence-corrected chi connectivity index (χ4v) is 3.11. The van der Waals surface area contributed by atoms with Gasteiger partial charge in [0.25, 0.3) is 0 Å². The third kappa shape index (κ3) is 5.45. The topological polar surface area (TPSA) is 62.2 Å². The molecule has 0 aliphatic heterocycles. The predicted octanol–water partition coefficient (Wildman–Crippen LogP) is 3.71. The summed E-state index contributed by atoms with van der Waals surface area (Å²) in [6.45, 7) is 1.50. The van der Waals surface area contributed by atoms with E-state index in [-0.39, 0.29) is 18.3 Å². The molecule has 2 atom stereocenters. The Morgan fingerprint density at radius 1 is 1.07 bits per heavy atom. The summed E-state index contributed by atoms with van der Waals surface area (Å²) in [4.78, 5) is 17.0. The zero-order chi connectivity index (χ0) is 20.9. The number of benzene rings is 2. The Hall–Kier alpha value is -3.12. The molecule has 2 aromatic carbocycles. The molecule has 1 heterocycles. The lowest BCUT2D eigenvalue weighted by atomic mass is 9.90. The summed E-state index contributed by atoms with van der Waals surface area (Å²) < 4.78 is 26.5. The molecule has 2 unspecified atom stereocenters. The Bertz CT molecular complexity index is 943. The van der Waals surface area contributed by atoms with Gasteiger partial charge in [0, 0.05) is 12.4 Å². The molecule has 0 saturated carbocycles. The van der Waals surface area contributed by atoms with E-state index in [1.54, 1.807) is 37.5 Å². The van der Waals surface area contributed by atoms with Crippen LogP contribution in [0.4, 0.5) is 8.78 Å². The lowest BCUT2D eigenvalue weighted by Crippen LogP contribution is -2.41. The largest absolute Gasteiger partial charge is 0.384 e. The van der Waals surface area contributed by atoms with Gasteiger partial charge in [-0.05, 0) is 60.4 Å². The maximum Gasteiger partial charge on any atom is 0.227 e. The highest BCUT2D eigenvalue weighted by molar-refractivity contribution is 5.84. The normalized spacial score (nSPS) is 14.1. The van der Waals surface area contributed by atoms with Crippen LogP contribution in [0.3, 0.4) is 0 Å². The number of hydrogen-bond donors (Lipinski definition) is 2. The summed E-state index contributed by atoms with van der Waals surface area (Å²) in [5.41, 5.74) is 0.645. The van der Waals surface area contributed by atoms with Crippen LogP contribution in [-0.2, 0) is 16.8 Å². The van der Waals surface area contributed by atoms with Crippen molar-refractivity contribution in [2.75, 3.05) is 6.54 Å². The number of nitrogens with one attached hydrogen (secondary N) is 1. The molecule has 0 fully saturated rings. The van der Waals surface area contributed by atoms with Crippen molar-refractivity contribution in [3.8, 4) is 0 Å². The number of halogens is 2. The first-order chi connectivity index (χ1) is 13.8. The molecule has 0 spiro atoms. The number of carbonyl (C=O) groups excluding carboxylic acids is 1. The average Bonchev–Trinajstić information content (AvgIpc) is 2.72. The standard InChI is InChI=1S/C23H22F2N2O2/c1-23(29,18-6-10-20(25)11-7-18)15-27-22(28)21(13-16-3-2-12-26-14-16)17-4-8-19(24)9-5-17/h2-12,14,21,29H,13,15H2,1H3,(H,27,28). The van der Waals surface area contributed by atoms with Crippen LogP contribution >= 0.6 is 0 Å². The first-order valence-corrected chi connectivity index (χ1v) is 9.26. The van der Waals surface area contributed by atoms with Crippen molar-refractivity contribution in [3.63, 3.8) is 0 Å². The fourth-order valence-electron chi connectivity index (χ4n) is 3.11. The maximum absolute atomic E-state index is 13.3. The van der Waals surface area contributed by atoms with Crippen LogP contribution in [0, 0.1) is 11.6 Å². The van der Waals surface area contributed by atoms with Crippen molar-refractivity contribution in [2.45, 2.75) is 24.9 Å². The number of hydrogen-bond acceptors (Lipinski definition) is 3. The summed E-state index contributed by atoms with van der Waals surface area (Å²) in [7, 11) is 0. The van der Waals surface area contributed by atoms with Gasteiger partial charge in [-0.25, -0.2) is 8.78 Å². The van der Waals surface area contributed by atoms with Gasteiger partial charge in [0.1, 0.15) is 17.2 Å². The van der Waals surface area contributed by atoms with E-state index >= 15 is 0 Å². The van der Waals surface area contributed by atoms with Crippen molar-refractivity contribution >= 4 is 5.91 Å². The van der Waals surface area contributed by atoms with E-state index in [2.05, 4.69) is 10.3 Å². The molecule has 4 nitrogen and oxygen atoms in total. The van der Waals surface area contributed by atoms with Gasteiger partial charge in [-0.1, -0.05) is 30.3 Å². The van der Waals surface area contributed by atoms with Crippen molar-refractivity contribution < 1.29 is 18.7 Å². The summed E-state index contributed by atoms with van der Waals surface area (Å²) >= 11 is 0. The van der Waals surface area contributed by atoms with Crippen molar-refractivity contribution in [1.29, 1.82) is 0 Å². The second kappa shape index (κ2) is 8.92. The van der Waals surface area contributed by atoms with E-state index in [0.717, 1.165) is 5.56 Å². The van der Waals surface area contributed by atoms with Crippen molar-refractivity contribution in [2.24, 2.45) is 0 Å². The molecule has 6 heteroatoms. The molecule has 0 aliphatic carbocycles. The molecular weight excluding hydrogens is 374 g/mol. The van der Waals surface area contributed by atoms with Gasteiger partial charge < -0.3 is 10.4 Å². The predicted molar refractivity (Wildman–Crippen MR) is 106 cm³/mol. The molecule has 1 aromatic heterocycles. The first-order valence-electron chi connectivity index (χ1n) is 9.26. The molecule has 2 N–H and O–H groups in total. The second-order valence-corrected chi connectivity index (χ2v) is 7.17. The summed E-state index contributed by atoms with van der Waals surface area (Å²) in [6, 6.07) is 14.9. The summed E-state index contributed by atoms with van der Waals surface area (Å²) in [6.07, 6.45) is 3.71. The molecule has 3 rings (SSSR count). The minimum atomic E-state index is -1.37. The van der Waals surface area contributed by atoms with Gasteiger partial charge >= 0.3 is 0 Å². The van der Waals surface area contributed by atoms with E-state index in [0.29, 0.717) is 17.5 Å². The Kier molecular flexibility index (Phi) is 6.34. The zero-order valence-electron chi connectivity index (χ0n) is 16.0. The Morgan fingerprint density at radius 3 is 2.28 bits per heavy atom. The van der Waals surface area contributed by atoms with Gasteiger partial charge in [0.2, 0.25) is 5.91 Å². The molecule has 1 amide bonds. The number of carbonyl (C=O) groups is 1. The molecule has 29 heavy (non-hydrogen) atoms. The highest BCUT2D eigenvalue weighted by Gasteiger charge is 2.27. The lowest BCUT2D eigenvalue weighted by Gasteiger charge is -2.26. The summed E-state index contributed by atoms with van der Waals surface area (Å²) in [5, 5.41) is 13.5. The van der Waals surface area contributed by atoms with Gasteiger partial charge in [0.05, 0.1) is 12.5 Å². The molecule has 0 saturated heterocycles. The number of nitrogens with zero attached hydrogens (tertiary/aromatic N) is 1. The van der Waals surface area contributed by atoms with Crippen LogP contribution < -0.4 is 5.32 Å². The summed E-state index contributed by atoms with van der Waals surface area (Å²) in [5.74, 6) is -1.67. The van der Waals surface area contributed by atoms with Crippen LogP contribution in [-0.4, -0.2) is 22.5 Å². The van der Waals surface area contributed by atoms with Gasteiger partial charge in [-0.15, -0.1) is 0 Å². The molecule has 0 bridgehead atoms. The number of amides is 1. The Morgan fingerprint density at radius 2 is 1.69 bits per heavy atom. The van der Waals surface area contributed by atoms with E-state index in [1.165, 1.54) is 36.4 Å². The van der Waals surface area contributed by atoms with Crippen LogP contribution in [0.15, 0.2) is 73.1 Å². The SMILES string of the molecule is CC(O)(CNC(=O)C(Cc1cccnc1)c1ccc(F)cc1)c1ccc(F)cc1. The van der Waals surface area contributed by atoms with Crippen molar-refractivity contribution in [1.82, 2.24) is 10.3 Å². The highest BCUT2D eigenvalue weighted by Crippen LogP contribution is 2.24. The minimum absolute atomic E-state index is 0.0534. The van der Waals surface area contributed by atoms with Crippen molar-refractivity contribution in [3.05, 3.63) is 101 Å². The van der Waals surface area contributed by atoms with Crippen LogP contribution in [0.25, 0.3) is 0 Å². The Labute approximate surface area is 168 Å². The highest BCUT2D eigenvalue weighted by atomic mass is 19.1. The average molecular weight is 396 g/mol. The van der Waals surface area contributed by atoms with Gasteiger partial charge in [-0.2, -0.15) is 0 Å². The third-order valence-corrected chi connectivity index (χ3v) is 4.82. The molecule has 0 radical (unpaired) electrons. The monoisotopic (exact) mass is 396 g/mol. The smallest absolute Gasteiger partial charge is 0.227 e. The molecule has 3 aromatic rings. The van der Waals surface area contributed by atoms with Gasteiger partial charge in [-0.3, -0.25) is 9.78 Å². The van der Waals surface area contributed by atoms with E-state index in [1.807, 2.05) is 6.07 Å². The zero-order valence-corrected chi connectivity index (χ0v) is 16.0. The van der Waals surface area contributed by atoms with E-state index in [4.69, 9.17) is 0 Å². The third-order valence-electron chi connectivity index (χ3n) is 4.82. The fraction of sp³-hybridized carbons (Fsp3) is 0.217. The van der Waals surface area contributed by atoms with E-state index < -0.39 is 17.3 Å². The lowest BCUT2D eigenvalue weighted by molar-refractivity contribution is -0.123. The quantitative estimate of drug-likeness (QED) is 0.640. The number of aliphatic hydroxyl groups is 1. The Balaban J connectivity index is 1.77. The molecule has 0 aliphatic rings. The van der Waals surface area contributed by atoms with Crippen LogP contribution in [0.5, 0.6) is 0 Å². The van der Waals surface area contributed by atoms with Crippen LogP contribution in [0.2, 0.25) is 0 Å².